The van der Waals surface area contributed by atoms with Crippen molar-refractivity contribution in [1.82, 2.24) is 9.88 Å². The first-order valence-corrected chi connectivity index (χ1v) is 14.7. The smallest absolute Gasteiger partial charge is 0.137 e. The van der Waals surface area contributed by atoms with Gasteiger partial charge in [0.25, 0.3) is 0 Å². The number of benzene rings is 5. The summed E-state index contributed by atoms with van der Waals surface area (Å²) in [5.74, 6) is 0. The van der Waals surface area contributed by atoms with Crippen LogP contribution >= 0.6 is 0 Å². The number of rotatable bonds is 3. The fourth-order valence-electron chi connectivity index (χ4n) is 7.03. The molecule has 9 rings (SSSR count). The molecule has 0 spiro atoms. The molecule has 200 valence electrons. The maximum Gasteiger partial charge on any atom is 0.137 e. The van der Waals surface area contributed by atoms with Gasteiger partial charge in [0.05, 0.1) is 17.1 Å². The zero-order chi connectivity index (χ0) is 27.6. The van der Waals surface area contributed by atoms with Crippen LogP contribution in [-0.2, 0) is 0 Å². The topological polar surface area (TPSA) is 30.1 Å². The van der Waals surface area contributed by atoms with Crippen molar-refractivity contribution in [3.8, 4) is 5.69 Å². The summed E-state index contributed by atoms with van der Waals surface area (Å²) < 4.78 is 8.92. The molecular weight excluding hydrogens is 512 g/mol. The van der Waals surface area contributed by atoms with E-state index in [9.17, 15) is 0 Å². The monoisotopic (exact) mass is 540 g/mol. The molecular formula is C39H28N2O. The van der Waals surface area contributed by atoms with E-state index < -0.39 is 0 Å². The Morgan fingerprint density at radius 3 is 2.26 bits per heavy atom. The van der Waals surface area contributed by atoms with Crippen molar-refractivity contribution in [2.45, 2.75) is 18.9 Å². The lowest BCUT2D eigenvalue weighted by Gasteiger charge is -2.32. The summed E-state index contributed by atoms with van der Waals surface area (Å²) in [6.07, 6.45) is 9.11. The van der Waals surface area contributed by atoms with Crippen LogP contribution in [0.3, 0.4) is 0 Å². The first-order chi connectivity index (χ1) is 20.8. The highest BCUT2D eigenvalue weighted by atomic mass is 16.3. The number of hydrogen-bond acceptors (Lipinski definition) is 2. The number of nitrogens with zero attached hydrogens (tertiary/aromatic N) is 1. The van der Waals surface area contributed by atoms with Gasteiger partial charge in [-0.25, -0.2) is 0 Å². The third kappa shape index (κ3) is 3.47. The van der Waals surface area contributed by atoms with Gasteiger partial charge in [0.1, 0.15) is 11.2 Å². The van der Waals surface area contributed by atoms with Crippen molar-refractivity contribution >= 4 is 55.0 Å². The van der Waals surface area contributed by atoms with Gasteiger partial charge in [-0.1, -0.05) is 91.0 Å². The number of allylic oxidation sites excluding steroid dienone is 3. The average Bonchev–Trinajstić information content (AvgIpc) is 3.60. The average molecular weight is 541 g/mol. The Kier molecular flexibility index (Phi) is 5.09. The van der Waals surface area contributed by atoms with Gasteiger partial charge in [-0.2, -0.15) is 0 Å². The predicted octanol–water partition coefficient (Wildman–Crippen LogP) is 9.80. The second-order valence-corrected chi connectivity index (χ2v) is 11.3. The molecule has 2 aromatic heterocycles. The van der Waals surface area contributed by atoms with Crippen molar-refractivity contribution in [3.63, 3.8) is 0 Å². The molecule has 1 aliphatic heterocycles. The number of hydrogen-bond donors (Lipinski definition) is 1. The fourth-order valence-corrected chi connectivity index (χ4v) is 7.03. The van der Waals surface area contributed by atoms with Gasteiger partial charge < -0.3 is 14.3 Å². The molecule has 3 heterocycles. The minimum atomic E-state index is 0.292. The molecule has 5 aromatic carbocycles. The van der Waals surface area contributed by atoms with Crippen LogP contribution in [0.25, 0.3) is 60.7 Å². The number of furan rings is 1. The van der Waals surface area contributed by atoms with Crippen LogP contribution in [0.5, 0.6) is 0 Å². The molecule has 7 aromatic rings. The van der Waals surface area contributed by atoms with Crippen LogP contribution in [0.1, 0.15) is 24.0 Å². The van der Waals surface area contributed by atoms with E-state index in [2.05, 4.69) is 143 Å². The molecule has 0 bridgehead atoms. The minimum Gasteiger partial charge on any atom is -0.456 e. The van der Waals surface area contributed by atoms with E-state index in [-0.39, 0.29) is 0 Å². The predicted molar refractivity (Wildman–Crippen MR) is 175 cm³/mol. The maximum atomic E-state index is 6.57. The van der Waals surface area contributed by atoms with Crippen LogP contribution < -0.4 is 5.32 Å². The van der Waals surface area contributed by atoms with Crippen LogP contribution in [-0.4, -0.2) is 10.6 Å². The Balaban J connectivity index is 1.24. The van der Waals surface area contributed by atoms with Gasteiger partial charge in [0.2, 0.25) is 0 Å². The highest BCUT2D eigenvalue weighted by Crippen LogP contribution is 2.40. The minimum absolute atomic E-state index is 0.292. The first kappa shape index (κ1) is 23.4. The molecule has 0 saturated carbocycles. The van der Waals surface area contributed by atoms with Crippen LogP contribution in [0.4, 0.5) is 0 Å². The molecule has 0 saturated heterocycles. The third-order valence-electron chi connectivity index (χ3n) is 8.92. The summed E-state index contributed by atoms with van der Waals surface area (Å²) in [7, 11) is 0. The van der Waals surface area contributed by atoms with E-state index in [0.29, 0.717) is 6.04 Å². The zero-order valence-electron chi connectivity index (χ0n) is 23.0. The number of dihydropyridines is 1. The van der Waals surface area contributed by atoms with Gasteiger partial charge in [-0.15, -0.1) is 0 Å². The molecule has 0 radical (unpaired) electrons. The normalized spacial score (nSPS) is 16.8. The van der Waals surface area contributed by atoms with Gasteiger partial charge in [-0.05, 0) is 66.0 Å². The third-order valence-corrected chi connectivity index (χ3v) is 8.92. The summed E-state index contributed by atoms with van der Waals surface area (Å²) in [5, 5.41) is 8.70. The van der Waals surface area contributed by atoms with Crippen LogP contribution in [0.2, 0.25) is 0 Å². The van der Waals surface area contributed by atoms with Crippen molar-refractivity contribution in [2.24, 2.45) is 0 Å². The Bertz CT molecular complexity index is 2220. The zero-order valence-corrected chi connectivity index (χ0v) is 23.0. The van der Waals surface area contributed by atoms with Gasteiger partial charge >= 0.3 is 0 Å². The highest BCUT2D eigenvalue weighted by molar-refractivity contribution is 6.12. The quantitative estimate of drug-likeness (QED) is 0.242. The molecule has 1 atom stereocenters. The van der Waals surface area contributed by atoms with Crippen molar-refractivity contribution < 1.29 is 4.42 Å². The van der Waals surface area contributed by atoms with E-state index in [1.807, 2.05) is 0 Å². The molecule has 2 aliphatic rings. The standard InChI is InChI=1S/C39H28N2O/c1-2-11-25(12-3-1)32-24-34(40-33-17-7-4-13-27(32)33)30-16-10-20-37-39(30)31-22-21-26(23-38(31)42-37)41-35-18-8-5-14-28(35)29-15-6-9-19-36(29)41/h1-6,8-16,18-24,33,40H,7,17H2. The van der Waals surface area contributed by atoms with Crippen molar-refractivity contribution in [1.29, 1.82) is 0 Å². The molecule has 0 fully saturated rings. The summed E-state index contributed by atoms with van der Waals surface area (Å²) in [5.41, 5.74) is 11.5. The van der Waals surface area contributed by atoms with E-state index >= 15 is 0 Å². The first-order valence-electron chi connectivity index (χ1n) is 14.7. The summed E-state index contributed by atoms with van der Waals surface area (Å²) >= 11 is 0. The van der Waals surface area contributed by atoms with Crippen LogP contribution in [0.15, 0.2) is 143 Å². The largest absolute Gasteiger partial charge is 0.456 e. The highest BCUT2D eigenvalue weighted by Gasteiger charge is 2.26. The fraction of sp³-hybridized carbons (Fsp3) is 0.0769. The number of nitrogens with one attached hydrogen (secondary N) is 1. The molecule has 3 nitrogen and oxygen atoms in total. The Morgan fingerprint density at radius 2 is 1.45 bits per heavy atom. The lowest BCUT2D eigenvalue weighted by molar-refractivity contribution is 0.620. The maximum absolute atomic E-state index is 6.57. The molecule has 1 aliphatic carbocycles. The van der Waals surface area contributed by atoms with Crippen molar-refractivity contribution in [3.05, 3.63) is 150 Å². The van der Waals surface area contributed by atoms with E-state index in [1.54, 1.807) is 0 Å². The second-order valence-electron chi connectivity index (χ2n) is 11.3. The van der Waals surface area contributed by atoms with E-state index in [1.165, 1.54) is 44.1 Å². The molecule has 42 heavy (non-hydrogen) atoms. The van der Waals surface area contributed by atoms with Crippen molar-refractivity contribution in [2.75, 3.05) is 0 Å². The Labute approximate surface area is 243 Å². The molecule has 3 heteroatoms. The number of aromatic nitrogens is 1. The summed E-state index contributed by atoms with van der Waals surface area (Å²) in [4.78, 5) is 0. The van der Waals surface area contributed by atoms with Gasteiger partial charge in [0.15, 0.2) is 0 Å². The van der Waals surface area contributed by atoms with E-state index in [0.717, 1.165) is 46.2 Å². The summed E-state index contributed by atoms with van der Waals surface area (Å²) in [6, 6.07) is 41.4. The molecule has 1 unspecified atom stereocenters. The lowest BCUT2D eigenvalue weighted by atomic mass is 9.84. The number of para-hydroxylation sites is 2. The summed E-state index contributed by atoms with van der Waals surface area (Å²) in [6.45, 7) is 0. The lowest BCUT2D eigenvalue weighted by Crippen LogP contribution is -2.33. The second kappa shape index (κ2) is 9.12. The Morgan fingerprint density at radius 1 is 0.690 bits per heavy atom. The molecule has 0 amide bonds. The SMILES string of the molecule is C1=CC2=C(c3ccccc3)C=C(c3cccc4oc5cc(-n6c7ccccc7c7ccccc76)ccc5c34)NC2CC1. The van der Waals surface area contributed by atoms with Gasteiger partial charge in [-0.3, -0.25) is 0 Å². The molecule has 1 N–H and O–H groups in total. The Hall–Kier alpha value is -5.28. The van der Waals surface area contributed by atoms with Crippen LogP contribution in [0, 0.1) is 0 Å². The number of fused-ring (bicyclic) bond motifs is 7. The van der Waals surface area contributed by atoms with Gasteiger partial charge in [0, 0.05) is 44.6 Å². The van der Waals surface area contributed by atoms with E-state index in [4.69, 9.17) is 4.42 Å².